The second kappa shape index (κ2) is 6.86. The molecular formula is C17H15FN4O2S. The highest BCUT2D eigenvalue weighted by molar-refractivity contribution is 7.92. The van der Waals surface area contributed by atoms with Crippen LogP contribution < -0.4 is 10.0 Å². The van der Waals surface area contributed by atoms with Gasteiger partial charge in [-0.05, 0) is 48.9 Å². The van der Waals surface area contributed by atoms with Crippen LogP contribution in [-0.4, -0.2) is 18.6 Å². The van der Waals surface area contributed by atoms with Gasteiger partial charge in [0.05, 0.1) is 4.90 Å². The normalized spacial score (nSPS) is 11.1. The van der Waals surface area contributed by atoms with Gasteiger partial charge in [-0.2, -0.15) is 0 Å². The molecule has 0 amide bonds. The Morgan fingerprint density at radius 2 is 1.64 bits per heavy atom. The molecule has 0 atom stereocenters. The Balaban J connectivity index is 1.75. The lowest BCUT2D eigenvalue weighted by atomic mass is 10.2. The van der Waals surface area contributed by atoms with Gasteiger partial charge >= 0.3 is 0 Å². The number of sulfonamides is 1. The van der Waals surface area contributed by atoms with E-state index in [4.69, 9.17) is 0 Å². The summed E-state index contributed by atoms with van der Waals surface area (Å²) < 4.78 is 40.3. The van der Waals surface area contributed by atoms with E-state index in [2.05, 4.69) is 20.2 Å². The van der Waals surface area contributed by atoms with Crippen molar-refractivity contribution >= 4 is 27.3 Å². The lowest BCUT2D eigenvalue weighted by Crippen LogP contribution is -2.15. The minimum absolute atomic E-state index is 0.0908. The van der Waals surface area contributed by atoms with Gasteiger partial charge in [0.2, 0.25) is 0 Å². The van der Waals surface area contributed by atoms with E-state index in [1.54, 1.807) is 43.3 Å². The number of aryl methyl sites for hydroxylation is 1. The van der Waals surface area contributed by atoms with Crippen molar-refractivity contribution in [3.8, 4) is 0 Å². The molecule has 0 spiro atoms. The van der Waals surface area contributed by atoms with Crippen molar-refractivity contribution in [2.75, 3.05) is 10.0 Å². The van der Waals surface area contributed by atoms with E-state index in [-0.39, 0.29) is 16.5 Å². The highest BCUT2D eigenvalue weighted by Gasteiger charge is 2.17. The number of nitrogens with one attached hydrogen (secondary N) is 2. The van der Waals surface area contributed by atoms with Crippen LogP contribution in [0.2, 0.25) is 0 Å². The first kappa shape index (κ1) is 16.8. The van der Waals surface area contributed by atoms with Crippen LogP contribution in [0.3, 0.4) is 0 Å². The fraction of sp³-hybridized carbons (Fsp3) is 0.0588. The molecular weight excluding hydrogens is 343 g/mol. The topological polar surface area (TPSA) is 84.0 Å². The average molecular weight is 358 g/mol. The second-order valence-electron chi connectivity index (χ2n) is 5.31. The molecule has 6 nitrogen and oxygen atoms in total. The quantitative estimate of drug-likeness (QED) is 0.730. The van der Waals surface area contributed by atoms with Gasteiger partial charge in [0.1, 0.15) is 5.82 Å². The highest BCUT2D eigenvalue weighted by Crippen LogP contribution is 2.19. The van der Waals surface area contributed by atoms with Gasteiger partial charge in [-0.1, -0.05) is 24.3 Å². The van der Waals surface area contributed by atoms with Crippen molar-refractivity contribution in [2.45, 2.75) is 11.8 Å². The van der Waals surface area contributed by atoms with Crippen molar-refractivity contribution in [1.82, 2.24) is 10.2 Å². The van der Waals surface area contributed by atoms with E-state index < -0.39 is 10.0 Å². The number of aromatic nitrogens is 2. The summed E-state index contributed by atoms with van der Waals surface area (Å²) >= 11 is 0. The Hall–Kier alpha value is -3.00. The van der Waals surface area contributed by atoms with Crippen LogP contribution in [0, 0.1) is 12.7 Å². The molecule has 3 rings (SSSR count). The number of hydrogen-bond acceptors (Lipinski definition) is 5. The van der Waals surface area contributed by atoms with Crippen LogP contribution in [0.5, 0.6) is 0 Å². The summed E-state index contributed by atoms with van der Waals surface area (Å²) in [5.74, 6) is 0.0815. The maximum absolute atomic E-state index is 13.2. The van der Waals surface area contributed by atoms with Crippen molar-refractivity contribution in [2.24, 2.45) is 0 Å². The zero-order valence-corrected chi connectivity index (χ0v) is 14.1. The number of rotatable bonds is 5. The second-order valence-corrected chi connectivity index (χ2v) is 6.96. The summed E-state index contributed by atoms with van der Waals surface area (Å²) in [6.07, 6.45) is 0. The third-order valence-electron chi connectivity index (χ3n) is 3.38. The van der Waals surface area contributed by atoms with Crippen LogP contribution >= 0.6 is 0 Å². The van der Waals surface area contributed by atoms with Crippen LogP contribution in [0.15, 0.2) is 65.6 Å². The molecule has 1 heterocycles. The number of halogens is 1. The third kappa shape index (κ3) is 4.10. The van der Waals surface area contributed by atoms with Crippen LogP contribution in [0.1, 0.15) is 5.56 Å². The molecule has 0 fully saturated rings. The Morgan fingerprint density at radius 3 is 2.32 bits per heavy atom. The summed E-state index contributed by atoms with van der Waals surface area (Å²) in [5, 5.41) is 10.6. The Bertz CT molecular complexity index is 992. The fourth-order valence-corrected chi connectivity index (χ4v) is 3.46. The molecule has 0 aliphatic rings. The summed E-state index contributed by atoms with van der Waals surface area (Å²) in [5.41, 5.74) is 1.15. The first-order valence-electron chi connectivity index (χ1n) is 7.39. The summed E-state index contributed by atoms with van der Waals surface area (Å²) in [4.78, 5) is 0.179. The molecule has 0 saturated carbocycles. The maximum Gasteiger partial charge on any atom is 0.263 e. The number of benzene rings is 2. The van der Waals surface area contributed by atoms with Gasteiger partial charge in [-0.15, -0.1) is 10.2 Å². The maximum atomic E-state index is 13.2. The minimum Gasteiger partial charge on any atom is -0.339 e. The Labute approximate surface area is 144 Å². The molecule has 0 radical (unpaired) electrons. The monoisotopic (exact) mass is 358 g/mol. The number of nitrogens with zero attached hydrogens (tertiary/aromatic N) is 2. The molecule has 1 aromatic heterocycles. The zero-order chi connectivity index (χ0) is 17.9. The zero-order valence-electron chi connectivity index (χ0n) is 13.3. The molecule has 128 valence electrons. The van der Waals surface area contributed by atoms with Crippen molar-refractivity contribution < 1.29 is 12.8 Å². The molecule has 3 aromatic rings. The first-order valence-corrected chi connectivity index (χ1v) is 8.87. The SMILES string of the molecule is Cc1ccccc1S(=O)(=O)Nc1ccc(Nc2cccc(F)c2)nn1. The van der Waals surface area contributed by atoms with Crippen LogP contribution in [0.4, 0.5) is 21.7 Å². The smallest absolute Gasteiger partial charge is 0.263 e. The van der Waals surface area contributed by atoms with Crippen LogP contribution in [0.25, 0.3) is 0 Å². The molecule has 0 aliphatic carbocycles. The van der Waals surface area contributed by atoms with E-state index in [1.807, 2.05) is 0 Å². The van der Waals surface area contributed by atoms with Gasteiger partial charge < -0.3 is 5.32 Å². The van der Waals surface area contributed by atoms with Gasteiger partial charge in [0, 0.05) is 5.69 Å². The minimum atomic E-state index is -3.74. The van der Waals surface area contributed by atoms with Gasteiger partial charge in [0.25, 0.3) is 10.0 Å². The molecule has 0 aliphatic heterocycles. The molecule has 25 heavy (non-hydrogen) atoms. The largest absolute Gasteiger partial charge is 0.339 e. The lowest BCUT2D eigenvalue weighted by Gasteiger charge is -2.10. The van der Waals surface area contributed by atoms with E-state index in [0.29, 0.717) is 17.1 Å². The van der Waals surface area contributed by atoms with Gasteiger partial charge in [0.15, 0.2) is 11.6 Å². The lowest BCUT2D eigenvalue weighted by molar-refractivity contribution is 0.600. The molecule has 8 heteroatoms. The third-order valence-corrected chi connectivity index (χ3v) is 4.90. The Morgan fingerprint density at radius 1 is 0.920 bits per heavy atom. The summed E-state index contributed by atoms with van der Waals surface area (Å²) in [6, 6.07) is 15.6. The Kier molecular flexibility index (Phi) is 4.62. The van der Waals surface area contributed by atoms with Crippen molar-refractivity contribution in [3.63, 3.8) is 0 Å². The number of hydrogen-bond donors (Lipinski definition) is 2. The highest BCUT2D eigenvalue weighted by atomic mass is 32.2. The summed E-state index contributed by atoms with van der Waals surface area (Å²) in [7, 11) is -3.74. The number of anilines is 3. The predicted octanol–water partition coefficient (Wildman–Crippen LogP) is 3.47. The molecule has 0 bridgehead atoms. The summed E-state index contributed by atoms with van der Waals surface area (Å²) in [6.45, 7) is 1.71. The molecule has 2 N–H and O–H groups in total. The van der Waals surface area contributed by atoms with Crippen molar-refractivity contribution in [1.29, 1.82) is 0 Å². The average Bonchev–Trinajstić information content (AvgIpc) is 2.57. The van der Waals surface area contributed by atoms with Gasteiger partial charge in [-0.25, -0.2) is 12.8 Å². The van der Waals surface area contributed by atoms with Crippen LogP contribution in [-0.2, 0) is 10.0 Å². The van der Waals surface area contributed by atoms with E-state index in [9.17, 15) is 12.8 Å². The van der Waals surface area contributed by atoms with E-state index in [1.165, 1.54) is 24.3 Å². The molecule has 2 aromatic carbocycles. The van der Waals surface area contributed by atoms with Gasteiger partial charge in [-0.3, -0.25) is 4.72 Å². The molecule has 0 unspecified atom stereocenters. The van der Waals surface area contributed by atoms with E-state index >= 15 is 0 Å². The molecule has 0 saturated heterocycles. The van der Waals surface area contributed by atoms with Crippen molar-refractivity contribution in [3.05, 3.63) is 72.0 Å². The first-order chi connectivity index (χ1) is 11.9. The standard InChI is InChI=1S/C17H15FN4O2S/c1-12-5-2-3-8-15(12)25(23,24)22-17-10-9-16(20-21-17)19-14-7-4-6-13(18)11-14/h2-11H,1H3,(H,19,20)(H,21,22). The fourth-order valence-electron chi connectivity index (χ4n) is 2.22. The predicted molar refractivity (Wildman–Crippen MR) is 93.7 cm³/mol. The van der Waals surface area contributed by atoms with E-state index in [0.717, 1.165) is 0 Å².